The molecule has 0 saturated heterocycles. The van der Waals surface area contributed by atoms with Crippen LogP contribution in [0.3, 0.4) is 0 Å². The quantitative estimate of drug-likeness (QED) is 0.665. The van der Waals surface area contributed by atoms with Gasteiger partial charge >= 0.3 is 0 Å². The molecule has 96 valence electrons. The van der Waals surface area contributed by atoms with Crippen LogP contribution >= 0.6 is 27.3 Å². The fourth-order valence-electron chi connectivity index (χ4n) is 1.70. The van der Waals surface area contributed by atoms with Crippen molar-refractivity contribution in [2.45, 2.75) is 13.0 Å². The Morgan fingerprint density at radius 1 is 1.28 bits per heavy atom. The highest BCUT2D eigenvalue weighted by Gasteiger charge is 2.22. The van der Waals surface area contributed by atoms with Crippen LogP contribution in [-0.2, 0) is 0 Å². The number of hydrogen-bond acceptors (Lipinski definition) is 3. The second kappa shape index (κ2) is 5.44. The van der Waals surface area contributed by atoms with E-state index in [1.54, 1.807) is 12.1 Å². The van der Waals surface area contributed by atoms with Gasteiger partial charge in [0.2, 0.25) is 0 Å². The van der Waals surface area contributed by atoms with Gasteiger partial charge in [-0.1, -0.05) is 12.1 Å². The van der Waals surface area contributed by atoms with Gasteiger partial charge in [0.1, 0.15) is 0 Å². The predicted molar refractivity (Wildman–Crippen MR) is 72.3 cm³/mol. The number of rotatable bonds is 3. The molecule has 1 aromatic heterocycles. The van der Waals surface area contributed by atoms with Gasteiger partial charge in [-0.25, -0.2) is 14.2 Å². The van der Waals surface area contributed by atoms with Gasteiger partial charge in [0.25, 0.3) is 0 Å². The van der Waals surface area contributed by atoms with E-state index in [2.05, 4.69) is 21.4 Å². The van der Waals surface area contributed by atoms with E-state index in [0.29, 0.717) is 0 Å². The second-order valence-electron chi connectivity index (χ2n) is 3.83. The highest BCUT2D eigenvalue weighted by molar-refractivity contribution is 9.10. The molecule has 0 radical (unpaired) electrons. The maximum atomic E-state index is 13.9. The van der Waals surface area contributed by atoms with Gasteiger partial charge in [0.05, 0.1) is 6.04 Å². The second-order valence-corrected chi connectivity index (χ2v) is 5.63. The van der Waals surface area contributed by atoms with Gasteiger partial charge in [0, 0.05) is 14.9 Å². The molecular weight excluding hydrogens is 322 g/mol. The molecular formula is C12H11BrF2N2S. The van der Waals surface area contributed by atoms with Crippen LogP contribution in [0, 0.1) is 18.6 Å². The van der Waals surface area contributed by atoms with Crippen LogP contribution in [0.2, 0.25) is 0 Å². The standard InChI is InChI=1S/C12H11BrF2N2S/c1-6-2-3-7(10(15)9(6)14)11(17-16)12-8(13)4-5-18-12/h2-5,11,17H,16H2,1H3. The Kier molecular flexibility index (Phi) is 4.11. The Morgan fingerprint density at radius 2 is 2.00 bits per heavy atom. The lowest BCUT2D eigenvalue weighted by Gasteiger charge is -2.17. The van der Waals surface area contributed by atoms with E-state index in [0.717, 1.165) is 9.35 Å². The zero-order valence-corrected chi connectivity index (χ0v) is 11.9. The molecule has 0 amide bonds. The zero-order chi connectivity index (χ0) is 13.3. The summed E-state index contributed by atoms with van der Waals surface area (Å²) >= 11 is 4.78. The molecule has 2 nitrogen and oxygen atoms in total. The van der Waals surface area contributed by atoms with E-state index in [-0.39, 0.29) is 11.1 Å². The lowest BCUT2D eigenvalue weighted by molar-refractivity contribution is 0.479. The van der Waals surface area contributed by atoms with Crippen molar-refractivity contribution in [2.75, 3.05) is 0 Å². The van der Waals surface area contributed by atoms with Crippen LogP contribution in [0.5, 0.6) is 0 Å². The molecule has 2 aromatic rings. The molecule has 0 aliphatic heterocycles. The van der Waals surface area contributed by atoms with Crippen LogP contribution in [0.25, 0.3) is 0 Å². The summed E-state index contributed by atoms with van der Waals surface area (Å²) < 4.78 is 28.3. The Hall–Kier alpha value is -0.820. The first-order chi connectivity index (χ1) is 8.56. The minimum Gasteiger partial charge on any atom is -0.271 e. The average Bonchev–Trinajstić information content (AvgIpc) is 2.77. The molecule has 0 saturated carbocycles. The zero-order valence-electron chi connectivity index (χ0n) is 9.51. The Balaban J connectivity index is 2.53. The topological polar surface area (TPSA) is 38.0 Å². The molecule has 0 spiro atoms. The van der Waals surface area contributed by atoms with Crippen molar-refractivity contribution in [2.24, 2.45) is 5.84 Å². The van der Waals surface area contributed by atoms with Crippen LogP contribution in [0.1, 0.15) is 22.0 Å². The highest BCUT2D eigenvalue weighted by atomic mass is 79.9. The maximum Gasteiger partial charge on any atom is 0.164 e. The third-order valence-electron chi connectivity index (χ3n) is 2.69. The molecule has 0 fully saturated rings. The van der Waals surface area contributed by atoms with Crippen molar-refractivity contribution in [3.8, 4) is 0 Å². The lowest BCUT2D eigenvalue weighted by atomic mass is 10.0. The van der Waals surface area contributed by atoms with E-state index in [4.69, 9.17) is 5.84 Å². The highest BCUT2D eigenvalue weighted by Crippen LogP contribution is 2.34. The number of nitrogens with one attached hydrogen (secondary N) is 1. The summed E-state index contributed by atoms with van der Waals surface area (Å²) in [7, 11) is 0. The summed E-state index contributed by atoms with van der Waals surface area (Å²) in [6, 6.07) is 4.35. The third-order valence-corrected chi connectivity index (χ3v) is 4.63. The molecule has 1 unspecified atom stereocenters. The molecule has 1 aromatic carbocycles. The normalized spacial score (nSPS) is 12.7. The number of halogens is 3. The smallest absolute Gasteiger partial charge is 0.164 e. The summed E-state index contributed by atoms with van der Waals surface area (Å²) in [6.45, 7) is 1.52. The molecule has 3 N–H and O–H groups in total. The Labute approximate surface area is 116 Å². The monoisotopic (exact) mass is 332 g/mol. The molecule has 6 heteroatoms. The van der Waals surface area contributed by atoms with Gasteiger partial charge in [-0.2, -0.15) is 0 Å². The minimum atomic E-state index is -0.863. The number of benzene rings is 1. The van der Waals surface area contributed by atoms with Crippen LogP contribution in [-0.4, -0.2) is 0 Å². The molecule has 0 aliphatic carbocycles. The van der Waals surface area contributed by atoms with Crippen LogP contribution in [0.15, 0.2) is 28.1 Å². The molecule has 1 heterocycles. The average molecular weight is 333 g/mol. The Morgan fingerprint density at radius 3 is 2.56 bits per heavy atom. The van der Waals surface area contributed by atoms with E-state index >= 15 is 0 Å². The van der Waals surface area contributed by atoms with E-state index < -0.39 is 17.7 Å². The molecule has 1 atom stereocenters. The first-order valence-electron chi connectivity index (χ1n) is 5.19. The summed E-state index contributed by atoms with van der Waals surface area (Å²) in [4.78, 5) is 0.805. The largest absolute Gasteiger partial charge is 0.271 e. The van der Waals surface area contributed by atoms with Crippen molar-refractivity contribution in [1.82, 2.24) is 5.43 Å². The first-order valence-corrected chi connectivity index (χ1v) is 6.87. The first kappa shape index (κ1) is 13.6. The number of hydrogen-bond donors (Lipinski definition) is 2. The minimum absolute atomic E-state index is 0.198. The molecule has 18 heavy (non-hydrogen) atoms. The van der Waals surface area contributed by atoms with E-state index in [1.807, 2.05) is 11.4 Å². The predicted octanol–water partition coefficient (Wildman–Crippen LogP) is 3.65. The number of hydrazine groups is 1. The van der Waals surface area contributed by atoms with Crippen molar-refractivity contribution in [3.05, 3.63) is 55.7 Å². The van der Waals surface area contributed by atoms with E-state index in [1.165, 1.54) is 18.3 Å². The van der Waals surface area contributed by atoms with Gasteiger partial charge in [-0.05, 0) is 39.9 Å². The van der Waals surface area contributed by atoms with Crippen molar-refractivity contribution < 1.29 is 8.78 Å². The van der Waals surface area contributed by atoms with E-state index in [9.17, 15) is 8.78 Å². The third kappa shape index (κ3) is 2.33. The fraction of sp³-hybridized carbons (Fsp3) is 0.167. The van der Waals surface area contributed by atoms with Gasteiger partial charge in [-0.15, -0.1) is 11.3 Å². The Bertz CT molecular complexity index is 571. The number of aryl methyl sites for hydroxylation is 1. The summed E-state index contributed by atoms with van der Waals surface area (Å²) in [5.41, 5.74) is 3.00. The van der Waals surface area contributed by atoms with Crippen molar-refractivity contribution in [1.29, 1.82) is 0 Å². The molecule has 0 bridgehead atoms. The number of nitrogens with two attached hydrogens (primary N) is 1. The summed E-state index contributed by atoms with van der Waals surface area (Å²) in [5, 5.41) is 1.85. The molecule has 0 aliphatic rings. The van der Waals surface area contributed by atoms with Crippen molar-refractivity contribution in [3.63, 3.8) is 0 Å². The molecule has 2 rings (SSSR count). The van der Waals surface area contributed by atoms with Crippen molar-refractivity contribution >= 4 is 27.3 Å². The summed E-state index contributed by atoms with van der Waals surface area (Å²) in [5.74, 6) is 3.77. The SMILES string of the molecule is Cc1ccc(C(NN)c2sccc2Br)c(F)c1F. The number of thiophene rings is 1. The summed E-state index contributed by atoms with van der Waals surface area (Å²) in [6.07, 6.45) is 0. The van der Waals surface area contributed by atoms with Gasteiger partial charge in [0.15, 0.2) is 11.6 Å². The van der Waals surface area contributed by atoms with Gasteiger partial charge in [-0.3, -0.25) is 5.84 Å². The van der Waals surface area contributed by atoms with Crippen LogP contribution in [0.4, 0.5) is 8.78 Å². The van der Waals surface area contributed by atoms with Crippen LogP contribution < -0.4 is 11.3 Å². The van der Waals surface area contributed by atoms with Gasteiger partial charge < -0.3 is 0 Å². The fourth-order valence-corrected chi connectivity index (χ4v) is 3.38. The lowest BCUT2D eigenvalue weighted by Crippen LogP contribution is -2.29. The maximum absolute atomic E-state index is 13.9.